The van der Waals surface area contributed by atoms with Gasteiger partial charge in [-0.05, 0) is 26.2 Å². The van der Waals surface area contributed by atoms with Crippen molar-refractivity contribution in [1.29, 1.82) is 0 Å². The van der Waals surface area contributed by atoms with Gasteiger partial charge in [-0.2, -0.15) is 0 Å². The van der Waals surface area contributed by atoms with E-state index in [1.807, 2.05) is 0 Å². The summed E-state index contributed by atoms with van der Waals surface area (Å²) in [4.78, 5) is 12.7. The number of ether oxygens (including phenoxy) is 1. The minimum absolute atomic E-state index is 0.199. The lowest BCUT2D eigenvalue weighted by atomic mass is 10.1. The number of carboxylic acids is 1. The molecule has 0 rings (SSSR count). The molecule has 0 saturated heterocycles. The smallest absolute Gasteiger partial charge is 0.304 e. The molecular weight excluding hydrogens is 218 g/mol. The molecule has 4 nitrogen and oxygen atoms in total. The largest absolute Gasteiger partial charge is 0.481 e. The third kappa shape index (κ3) is 10.3. The van der Waals surface area contributed by atoms with E-state index >= 15 is 0 Å². The number of carbonyl (C=O) groups is 1. The van der Waals surface area contributed by atoms with E-state index in [1.54, 1.807) is 0 Å². The van der Waals surface area contributed by atoms with E-state index in [1.165, 1.54) is 0 Å². The van der Waals surface area contributed by atoms with E-state index < -0.39 is 5.97 Å². The molecule has 0 aliphatic heterocycles. The van der Waals surface area contributed by atoms with Crippen molar-refractivity contribution in [2.24, 2.45) is 5.92 Å². The van der Waals surface area contributed by atoms with Crippen LogP contribution in [0.4, 0.5) is 0 Å². The van der Waals surface area contributed by atoms with Crippen molar-refractivity contribution in [3.05, 3.63) is 0 Å². The van der Waals surface area contributed by atoms with E-state index in [-0.39, 0.29) is 6.42 Å². The molecule has 0 aromatic carbocycles. The second-order valence-electron chi connectivity index (χ2n) is 5.07. The van der Waals surface area contributed by atoms with Crippen LogP contribution in [0, 0.1) is 5.92 Å². The molecule has 4 heteroatoms. The van der Waals surface area contributed by atoms with Crippen LogP contribution in [0.2, 0.25) is 0 Å². The Bertz CT molecular complexity index is 205. The standard InChI is InChI=1S/C13H27NO3/c1-11(2)6-9-17-10-8-14(12(3)4)7-5-13(15)16/h11-12H,5-10H2,1-4H3,(H,15,16). The first-order valence-electron chi connectivity index (χ1n) is 6.47. The van der Waals surface area contributed by atoms with Crippen LogP contribution in [0.15, 0.2) is 0 Å². The molecule has 0 spiro atoms. The number of hydrogen-bond donors (Lipinski definition) is 1. The van der Waals surface area contributed by atoms with Crippen molar-refractivity contribution in [2.45, 2.75) is 46.6 Å². The Balaban J connectivity index is 3.66. The van der Waals surface area contributed by atoms with Crippen molar-refractivity contribution in [1.82, 2.24) is 4.90 Å². The third-order valence-corrected chi connectivity index (χ3v) is 2.71. The fraction of sp³-hybridized carbons (Fsp3) is 0.923. The quantitative estimate of drug-likeness (QED) is 0.600. The Morgan fingerprint density at radius 2 is 1.82 bits per heavy atom. The lowest BCUT2D eigenvalue weighted by Crippen LogP contribution is -2.35. The predicted octanol–water partition coefficient (Wildman–Crippen LogP) is 2.23. The average Bonchev–Trinajstić information content (AvgIpc) is 2.20. The highest BCUT2D eigenvalue weighted by Crippen LogP contribution is 2.02. The van der Waals surface area contributed by atoms with E-state index in [0.29, 0.717) is 25.1 Å². The van der Waals surface area contributed by atoms with Crippen LogP contribution in [0.1, 0.15) is 40.5 Å². The molecule has 0 aliphatic rings. The van der Waals surface area contributed by atoms with Crippen molar-refractivity contribution in [3.63, 3.8) is 0 Å². The van der Waals surface area contributed by atoms with Crippen LogP contribution in [-0.4, -0.2) is 48.3 Å². The zero-order valence-corrected chi connectivity index (χ0v) is 11.6. The molecule has 0 bridgehead atoms. The van der Waals surface area contributed by atoms with Gasteiger partial charge in [0.15, 0.2) is 0 Å². The Morgan fingerprint density at radius 3 is 2.29 bits per heavy atom. The minimum Gasteiger partial charge on any atom is -0.481 e. The number of hydrogen-bond acceptors (Lipinski definition) is 3. The van der Waals surface area contributed by atoms with E-state index in [0.717, 1.165) is 19.6 Å². The van der Waals surface area contributed by atoms with Gasteiger partial charge in [0.05, 0.1) is 13.0 Å². The second kappa shape index (κ2) is 9.42. The summed E-state index contributed by atoms with van der Waals surface area (Å²) in [6, 6.07) is 0.364. The van der Waals surface area contributed by atoms with Gasteiger partial charge in [-0.25, -0.2) is 0 Å². The van der Waals surface area contributed by atoms with Gasteiger partial charge in [-0.3, -0.25) is 9.69 Å². The summed E-state index contributed by atoms with van der Waals surface area (Å²) in [5, 5.41) is 8.66. The lowest BCUT2D eigenvalue weighted by Gasteiger charge is -2.25. The molecule has 0 atom stereocenters. The molecule has 17 heavy (non-hydrogen) atoms. The summed E-state index contributed by atoms with van der Waals surface area (Å²) in [7, 11) is 0. The first-order chi connectivity index (χ1) is 7.93. The summed E-state index contributed by atoms with van der Waals surface area (Å²) in [5.74, 6) is -0.0698. The summed E-state index contributed by atoms with van der Waals surface area (Å²) in [6.45, 7) is 11.4. The van der Waals surface area contributed by atoms with Gasteiger partial charge in [0.25, 0.3) is 0 Å². The van der Waals surface area contributed by atoms with Crippen molar-refractivity contribution >= 4 is 5.97 Å². The minimum atomic E-state index is -0.739. The molecule has 0 fully saturated rings. The molecule has 0 unspecified atom stereocenters. The van der Waals surface area contributed by atoms with Crippen LogP contribution >= 0.6 is 0 Å². The maximum atomic E-state index is 10.5. The third-order valence-electron chi connectivity index (χ3n) is 2.71. The van der Waals surface area contributed by atoms with Gasteiger partial charge in [0, 0.05) is 25.7 Å². The van der Waals surface area contributed by atoms with Crippen molar-refractivity contribution in [3.8, 4) is 0 Å². The first kappa shape index (κ1) is 16.4. The maximum absolute atomic E-state index is 10.5. The van der Waals surface area contributed by atoms with Crippen LogP contribution in [-0.2, 0) is 9.53 Å². The molecule has 0 amide bonds. The Kier molecular flexibility index (Phi) is 9.09. The van der Waals surface area contributed by atoms with E-state index in [9.17, 15) is 4.79 Å². The molecule has 0 radical (unpaired) electrons. The molecule has 0 aromatic heterocycles. The Morgan fingerprint density at radius 1 is 1.18 bits per heavy atom. The number of carboxylic acid groups (broad SMARTS) is 1. The lowest BCUT2D eigenvalue weighted by molar-refractivity contribution is -0.137. The highest BCUT2D eigenvalue weighted by atomic mass is 16.5. The number of nitrogens with zero attached hydrogens (tertiary/aromatic N) is 1. The molecule has 102 valence electrons. The summed E-state index contributed by atoms with van der Waals surface area (Å²) < 4.78 is 5.54. The van der Waals surface area contributed by atoms with Gasteiger partial charge in [-0.15, -0.1) is 0 Å². The zero-order chi connectivity index (χ0) is 13.3. The molecule has 1 N–H and O–H groups in total. The summed E-state index contributed by atoms with van der Waals surface area (Å²) in [6.07, 6.45) is 1.28. The predicted molar refractivity (Wildman–Crippen MR) is 69.2 cm³/mol. The molecular formula is C13H27NO3. The van der Waals surface area contributed by atoms with E-state index in [4.69, 9.17) is 9.84 Å². The normalized spacial score (nSPS) is 11.7. The average molecular weight is 245 g/mol. The fourth-order valence-corrected chi connectivity index (χ4v) is 1.47. The summed E-state index contributed by atoms with van der Waals surface area (Å²) >= 11 is 0. The molecule has 0 saturated carbocycles. The van der Waals surface area contributed by atoms with Crippen LogP contribution in [0.5, 0.6) is 0 Å². The summed E-state index contributed by atoms with van der Waals surface area (Å²) in [5.41, 5.74) is 0. The SMILES string of the molecule is CC(C)CCOCCN(CCC(=O)O)C(C)C. The highest BCUT2D eigenvalue weighted by molar-refractivity contribution is 5.66. The van der Waals surface area contributed by atoms with E-state index in [2.05, 4.69) is 32.6 Å². The Hall–Kier alpha value is -0.610. The van der Waals surface area contributed by atoms with Crippen LogP contribution in [0.25, 0.3) is 0 Å². The van der Waals surface area contributed by atoms with Gasteiger partial charge in [0.2, 0.25) is 0 Å². The van der Waals surface area contributed by atoms with Gasteiger partial charge in [0.1, 0.15) is 0 Å². The second-order valence-corrected chi connectivity index (χ2v) is 5.07. The number of rotatable bonds is 10. The maximum Gasteiger partial charge on any atom is 0.304 e. The zero-order valence-electron chi connectivity index (χ0n) is 11.6. The fourth-order valence-electron chi connectivity index (χ4n) is 1.47. The molecule has 0 aromatic rings. The van der Waals surface area contributed by atoms with Gasteiger partial charge < -0.3 is 9.84 Å². The molecule has 0 aliphatic carbocycles. The van der Waals surface area contributed by atoms with Gasteiger partial charge in [-0.1, -0.05) is 13.8 Å². The molecule has 0 heterocycles. The highest BCUT2D eigenvalue weighted by Gasteiger charge is 2.10. The topological polar surface area (TPSA) is 49.8 Å². The number of aliphatic carboxylic acids is 1. The monoisotopic (exact) mass is 245 g/mol. The van der Waals surface area contributed by atoms with Gasteiger partial charge >= 0.3 is 5.97 Å². The van der Waals surface area contributed by atoms with Crippen molar-refractivity contribution in [2.75, 3.05) is 26.3 Å². The first-order valence-corrected chi connectivity index (χ1v) is 6.47. The Labute approximate surface area is 105 Å². The van der Waals surface area contributed by atoms with Crippen LogP contribution < -0.4 is 0 Å². The van der Waals surface area contributed by atoms with Crippen molar-refractivity contribution < 1.29 is 14.6 Å². The van der Waals surface area contributed by atoms with Crippen LogP contribution in [0.3, 0.4) is 0 Å².